The fraction of sp³-hybridized carbons (Fsp3) is 0.308. The number of nitrogens with one attached hydrogen (secondary N) is 1. The maximum Gasteiger partial charge on any atom is 0.273 e. The number of primary amides is 1. The number of nitrogen functional groups attached to an aromatic ring is 1. The van der Waals surface area contributed by atoms with Gasteiger partial charge in [-0.3, -0.25) is 19.3 Å². The van der Waals surface area contributed by atoms with Crippen molar-refractivity contribution in [1.29, 1.82) is 0 Å². The zero-order chi connectivity index (χ0) is 27.1. The van der Waals surface area contributed by atoms with Crippen LogP contribution in [0, 0.1) is 11.7 Å². The Bertz CT molecular complexity index is 1260. The minimum absolute atomic E-state index is 0.0674. The minimum atomic E-state index is -1.22. The molecule has 1 heterocycles. The number of halogens is 1. The van der Waals surface area contributed by atoms with Crippen LogP contribution in [0.2, 0.25) is 0 Å². The maximum atomic E-state index is 14.1. The molecule has 5 N–H and O–H groups in total. The largest absolute Gasteiger partial charge is 0.492 e. The number of carbonyl (C=O) groups excluding carboxylic acids is 3. The number of anilines is 2. The minimum Gasteiger partial charge on any atom is -0.492 e. The standard InChI is InChI=1S/C26H30FN5O4S/c1-4-36-19-8-6-5-7-18(19)32(26(35)23-20(28)21(24(29)33)31-37-23)22(16-9-11-17(27)12-10-16)25(34)30-14-13-15(2)3/h5-12,15,22H,4,13-14,28H2,1-3H3,(H2,29,33)(H,30,34)/t22-/m0/s1. The molecule has 0 fully saturated rings. The summed E-state index contributed by atoms with van der Waals surface area (Å²) in [4.78, 5) is 40.7. The molecular formula is C26H30FN5O4S. The Morgan fingerprint density at radius 2 is 1.81 bits per heavy atom. The van der Waals surface area contributed by atoms with Gasteiger partial charge in [0.2, 0.25) is 5.91 Å². The number of amides is 3. The summed E-state index contributed by atoms with van der Waals surface area (Å²) in [6.45, 7) is 6.52. The Morgan fingerprint density at radius 1 is 1.14 bits per heavy atom. The summed E-state index contributed by atoms with van der Waals surface area (Å²) in [5, 5.41) is 2.89. The number of nitrogens with zero attached hydrogens (tertiary/aromatic N) is 2. The SMILES string of the molecule is CCOc1ccccc1N(C(=O)c1snc(C(N)=O)c1N)[C@H](C(=O)NCCC(C)C)c1ccc(F)cc1. The highest BCUT2D eigenvalue weighted by Gasteiger charge is 2.37. The lowest BCUT2D eigenvalue weighted by atomic mass is 10.0. The van der Waals surface area contributed by atoms with Gasteiger partial charge in [0.25, 0.3) is 11.8 Å². The number of ether oxygens (including phenoxy) is 1. The van der Waals surface area contributed by atoms with E-state index in [4.69, 9.17) is 16.2 Å². The lowest BCUT2D eigenvalue weighted by Gasteiger charge is -2.32. The van der Waals surface area contributed by atoms with E-state index in [1.54, 1.807) is 31.2 Å². The van der Waals surface area contributed by atoms with Gasteiger partial charge in [-0.15, -0.1) is 0 Å². The van der Waals surface area contributed by atoms with Crippen LogP contribution in [0.25, 0.3) is 0 Å². The quantitative estimate of drug-likeness (QED) is 0.345. The molecule has 0 saturated carbocycles. The Balaban J connectivity index is 2.21. The highest BCUT2D eigenvalue weighted by Crippen LogP contribution is 2.38. The second-order valence-electron chi connectivity index (χ2n) is 8.64. The van der Waals surface area contributed by atoms with Crippen LogP contribution in [0.4, 0.5) is 15.8 Å². The molecule has 0 aliphatic carbocycles. The maximum absolute atomic E-state index is 14.1. The molecule has 11 heteroatoms. The third kappa shape index (κ3) is 6.42. The summed E-state index contributed by atoms with van der Waals surface area (Å²) in [6, 6.07) is 10.8. The average molecular weight is 528 g/mol. The van der Waals surface area contributed by atoms with Gasteiger partial charge in [0, 0.05) is 6.54 Å². The summed E-state index contributed by atoms with van der Waals surface area (Å²) in [5.74, 6) is -1.86. The Kier molecular flexibility index (Phi) is 9.18. The number of nitrogens with two attached hydrogens (primary N) is 2. The molecule has 3 amide bonds. The van der Waals surface area contributed by atoms with Crippen molar-refractivity contribution in [1.82, 2.24) is 9.69 Å². The Labute approximate surface area is 218 Å². The first-order valence-electron chi connectivity index (χ1n) is 11.8. The second kappa shape index (κ2) is 12.3. The normalized spacial score (nSPS) is 11.7. The van der Waals surface area contributed by atoms with Crippen LogP contribution in [0.1, 0.15) is 59.0 Å². The highest BCUT2D eigenvalue weighted by atomic mass is 32.1. The molecule has 37 heavy (non-hydrogen) atoms. The number of rotatable bonds is 11. The summed E-state index contributed by atoms with van der Waals surface area (Å²) < 4.78 is 23.5. The van der Waals surface area contributed by atoms with E-state index in [0.29, 0.717) is 41.9 Å². The van der Waals surface area contributed by atoms with Crippen LogP contribution in [-0.4, -0.2) is 35.2 Å². The number of hydrogen-bond donors (Lipinski definition) is 3. The molecule has 0 radical (unpaired) electrons. The Hall–Kier alpha value is -3.99. The molecular weight excluding hydrogens is 497 g/mol. The van der Waals surface area contributed by atoms with Crippen LogP contribution in [0.15, 0.2) is 48.5 Å². The van der Waals surface area contributed by atoms with E-state index in [1.165, 1.54) is 29.2 Å². The lowest BCUT2D eigenvalue weighted by Crippen LogP contribution is -2.44. The van der Waals surface area contributed by atoms with Gasteiger partial charge in [0.15, 0.2) is 5.69 Å². The smallest absolute Gasteiger partial charge is 0.273 e. The fourth-order valence-electron chi connectivity index (χ4n) is 3.68. The van der Waals surface area contributed by atoms with Gasteiger partial charge in [-0.05, 0) is 60.6 Å². The monoisotopic (exact) mass is 527 g/mol. The molecule has 0 unspecified atom stereocenters. The van der Waals surface area contributed by atoms with Crippen molar-refractivity contribution in [2.24, 2.45) is 11.7 Å². The first-order chi connectivity index (χ1) is 17.6. The summed E-state index contributed by atoms with van der Waals surface area (Å²) in [5.41, 5.74) is 11.7. The number of benzene rings is 2. The van der Waals surface area contributed by atoms with Crippen LogP contribution >= 0.6 is 11.5 Å². The first kappa shape index (κ1) is 27.6. The lowest BCUT2D eigenvalue weighted by molar-refractivity contribution is -0.122. The van der Waals surface area contributed by atoms with Crippen molar-refractivity contribution < 1.29 is 23.5 Å². The predicted octanol–water partition coefficient (Wildman–Crippen LogP) is 3.91. The molecule has 1 aromatic heterocycles. The molecule has 0 saturated heterocycles. The first-order valence-corrected chi connectivity index (χ1v) is 12.6. The van der Waals surface area contributed by atoms with Crippen molar-refractivity contribution in [3.8, 4) is 5.75 Å². The van der Waals surface area contributed by atoms with Crippen molar-refractivity contribution in [3.05, 3.63) is 70.5 Å². The van der Waals surface area contributed by atoms with E-state index in [9.17, 15) is 18.8 Å². The van der Waals surface area contributed by atoms with Crippen molar-refractivity contribution >= 4 is 40.6 Å². The van der Waals surface area contributed by atoms with Gasteiger partial charge in [-0.1, -0.05) is 38.1 Å². The summed E-state index contributed by atoms with van der Waals surface area (Å²) in [6.07, 6.45) is 0.717. The molecule has 0 aliphatic rings. The molecule has 196 valence electrons. The number of para-hydroxylation sites is 2. The Morgan fingerprint density at radius 3 is 2.41 bits per heavy atom. The van der Waals surface area contributed by atoms with Gasteiger partial charge in [-0.25, -0.2) is 4.39 Å². The molecule has 1 atom stereocenters. The molecule has 9 nitrogen and oxygen atoms in total. The zero-order valence-corrected chi connectivity index (χ0v) is 21.7. The van der Waals surface area contributed by atoms with Crippen molar-refractivity contribution in [2.75, 3.05) is 23.8 Å². The van der Waals surface area contributed by atoms with Gasteiger partial charge in [0.1, 0.15) is 22.5 Å². The number of hydrogen-bond acceptors (Lipinski definition) is 7. The van der Waals surface area contributed by atoms with Gasteiger partial charge >= 0.3 is 0 Å². The second-order valence-corrected chi connectivity index (χ2v) is 9.42. The van der Waals surface area contributed by atoms with Crippen LogP contribution < -0.4 is 26.4 Å². The van der Waals surface area contributed by atoms with Crippen molar-refractivity contribution in [2.45, 2.75) is 33.2 Å². The van der Waals surface area contributed by atoms with Gasteiger partial charge < -0.3 is 21.5 Å². The van der Waals surface area contributed by atoms with Gasteiger partial charge in [0.05, 0.1) is 18.0 Å². The highest BCUT2D eigenvalue weighted by molar-refractivity contribution is 7.09. The van der Waals surface area contributed by atoms with E-state index in [0.717, 1.165) is 6.42 Å². The molecule has 0 spiro atoms. The van der Waals surface area contributed by atoms with E-state index < -0.39 is 29.6 Å². The van der Waals surface area contributed by atoms with E-state index in [-0.39, 0.29) is 21.9 Å². The van der Waals surface area contributed by atoms with Crippen molar-refractivity contribution in [3.63, 3.8) is 0 Å². The third-order valence-electron chi connectivity index (χ3n) is 5.51. The third-order valence-corrected chi connectivity index (χ3v) is 6.36. The predicted molar refractivity (Wildman–Crippen MR) is 141 cm³/mol. The van der Waals surface area contributed by atoms with E-state index in [2.05, 4.69) is 9.69 Å². The van der Waals surface area contributed by atoms with Gasteiger partial charge in [-0.2, -0.15) is 4.37 Å². The topological polar surface area (TPSA) is 141 Å². The summed E-state index contributed by atoms with van der Waals surface area (Å²) >= 11 is 0.704. The summed E-state index contributed by atoms with van der Waals surface area (Å²) in [7, 11) is 0. The zero-order valence-electron chi connectivity index (χ0n) is 20.9. The number of carbonyl (C=O) groups is 3. The fourth-order valence-corrected chi connectivity index (χ4v) is 4.42. The average Bonchev–Trinajstić information content (AvgIpc) is 3.25. The molecule has 3 aromatic rings. The van der Waals surface area contributed by atoms with E-state index >= 15 is 0 Å². The van der Waals surface area contributed by atoms with Crippen LogP contribution in [0.5, 0.6) is 5.75 Å². The van der Waals surface area contributed by atoms with Crippen LogP contribution in [-0.2, 0) is 4.79 Å². The molecule has 0 aliphatic heterocycles. The molecule has 0 bridgehead atoms. The molecule has 3 rings (SSSR count). The molecule has 2 aromatic carbocycles. The van der Waals surface area contributed by atoms with Crippen LogP contribution in [0.3, 0.4) is 0 Å². The van der Waals surface area contributed by atoms with E-state index in [1.807, 2.05) is 13.8 Å². The number of aromatic nitrogens is 1.